The van der Waals surface area contributed by atoms with Gasteiger partial charge in [-0.15, -0.1) is 11.3 Å². The molecule has 0 saturated heterocycles. The number of alkyl halides is 3. The number of aromatic nitrogens is 1. The van der Waals surface area contributed by atoms with Crippen molar-refractivity contribution in [2.24, 2.45) is 0 Å². The number of carbonyl (C=O) groups excluding carboxylic acids is 1. The molecule has 28 heavy (non-hydrogen) atoms. The van der Waals surface area contributed by atoms with Crippen molar-refractivity contribution in [1.82, 2.24) is 10.3 Å². The van der Waals surface area contributed by atoms with Gasteiger partial charge < -0.3 is 5.32 Å². The maximum Gasteiger partial charge on any atom is 0.416 e. The number of hydrogen-bond donors (Lipinski definition) is 1. The zero-order valence-corrected chi connectivity index (χ0v) is 15.6. The lowest BCUT2D eigenvalue weighted by molar-refractivity contribution is -0.137. The highest BCUT2D eigenvalue weighted by Crippen LogP contribution is 2.31. The van der Waals surface area contributed by atoms with Gasteiger partial charge in [0.25, 0.3) is 0 Å². The fraction of sp³-hybridized carbons (Fsp3) is 0.200. The highest BCUT2D eigenvalue weighted by molar-refractivity contribution is 7.13. The summed E-state index contributed by atoms with van der Waals surface area (Å²) in [5.41, 5.74) is 0.705. The topological polar surface area (TPSA) is 42.0 Å². The van der Waals surface area contributed by atoms with Crippen molar-refractivity contribution in [1.29, 1.82) is 0 Å². The largest absolute Gasteiger partial charge is 0.416 e. The summed E-state index contributed by atoms with van der Waals surface area (Å²) in [5, 5.41) is 4.93. The van der Waals surface area contributed by atoms with Crippen LogP contribution in [0, 0.1) is 5.82 Å². The van der Waals surface area contributed by atoms with Crippen molar-refractivity contribution in [2.45, 2.75) is 25.6 Å². The van der Waals surface area contributed by atoms with Crippen molar-refractivity contribution in [3.63, 3.8) is 0 Å². The van der Waals surface area contributed by atoms with Crippen molar-refractivity contribution in [3.8, 4) is 10.6 Å². The monoisotopic (exact) mass is 408 g/mol. The zero-order chi connectivity index (χ0) is 20.3. The van der Waals surface area contributed by atoms with E-state index < -0.39 is 23.6 Å². The van der Waals surface area contributed by atoms with E-state index in [-0.39, 0.29) is 12.3 Å². The Hall–Kier alpha value is -2.74. The molecule has 0 bridgehead atoms. The molecule has 0 radical (unpaired) electrons. The van der Waals surface area contributed by atoms with Crippen LogP contribution in [0.2, 0.25) is 0 Å². The summed E-state index contributed by atoms with van der Waals surface area (Å²) >= 11 is 1.24. The first-order valence-electron chi connectivity index (χ1n) is 8.40. The van der Waals surface area contributed by atoms with Crippen LogP contribution in [0.25, 0.3) is 10.6 Å². The smallest absolute Gasteiger partial charge is 0.349 e. The number of nitrogens with zero attached hydrogens (tertiary/aromatic N) is 1. The fourth-order valence-corrected chi connectivity index (χ4v) is 3.51. The first-order chi connectivity index (χ1) is 13.2. The van der Waals surface area contributed by atoms with Crippen LogP contribution >= 0.6 is 11.3 Å². The summed E-state index contributed by atoms with van der Waals surface area (Å²) in [6.07, 6.45) is -4.39. The Kier molecular flexibility index (Phi) is 5.79. The number of thiazole rings is 1. The predicted molar refractivity (Wildman–Crippen MR) is 99.2 cm³/mol. The molecule has 146 valence electrons. The Balaban J connectivity index is 1.64. The average molecular weight is 408 g/mol. The van der Waals surface area contributed by atoms with Crippen LogP contribution in [0.4, 0.5) is 17.6 Å². The van der Waals surface area contributed by atoms with Crippen LogP contribution in [0.5, 0.6) is 0 Å². The molecule has 1 heterocycles. The molecule has 1 amide bonds. The van der Waals surface area contributed by atoms with Gasteiger partial charge >= 0.3 is 6.18 Å². The van der Waals surface area contributed by atoms with Crippen LogP contribution in [0.15, 0.2) is 53.9 Å². The van der Waals surface area contributed by atoms with Gasteiger partial charge in [-0.25, -0.2) is 9.37 Å². The second kappa shape index (κ2) is 8.10. The van der Waals surface area contributed by atoms with Crippen LogP contribution in [-0.2, 0) is 17.4 Å². The lowest BCUT2D eigenvalue weighted by Gasteiger charge is -2.14. The summed E-state index contributed by atoms with van der Waals surface area (Å²) in [7, 11) is 0. The first kappa shape index (κ1) is 20.0. The number of hydrogen-bond acceptors (Lipinski definition) is 3. The Bertz CT molecular complexity index is 967. The summed E-state index contributed by atoms with van der Waals surface area (Å²) in [6.45, 7) is 1.69. The molecule has 3 aromatic rings. The summed E-state index contributed by atoms with van der Waals surface area (Å²) in [4.78, 5) is 16.5. The first-order valence-corrected chi connectivity index (χ1v) is 9.28. The van der Waals surface area contributed by atoms with Gasteiger partial charge in [-0.2, -0.15) is 13.2 Å². The number of halogens is 4. The fourth-order valence-electron chi connectivity index (χ4n) is 2.68. The molecule has 0 aliphatic carbocycles. The van der Waals surface area contributed by atoms with Crippen LogP contribution in [0.1, 0.15) is 29.8 Å². The molecule has 2 aromatic carbocycles. The van der Waals surface area contributed by atoms with Crippen LogP contribution < -0.4 is 5.32 Å². The lowest BCUT2D eigenvalue weighted by Crippen LogP contribution is -2.28. The molecule has 0 aliphatic rings. The Morgan fingerprint density at radius 3 is 2.46 bits per heavy atom. The highest BCUT2D eigenvalue weighted by atomic mass is 32.1. The van der Waals surface area contributed by atoms with E-state index in [0.29, 0.717) is 21.8 Å². The van der Waals surface area contributed by atoms with Crippen molar-refractivity contribution in [3.05, 3.63) is 76.5 Å². The minimum atomic E-state index is -4.39. The van der Waals surface area contributed by atoms with Crippen molar-refractivity contribution < 1.29 is 22.4 Å². The minimum absolute atomic E-state index is 0.00404. The number of nitrogens with one attached hydrogen (secondary N) is 1. The van der Waals surface area contributed by atoms with E-state index in [9.17, 15) is 22.4 Å². The van der Waals surface area contributed by atoms with E-state index >= 15 is 0 Å². The number of carbonyl (C=O) groups is 1. The van der Waals surface area contributed by atoms with Gasteiger partial charge in [0.05, 0.1) is 23.7 Å². The molecule has 1 atom stereocenters. The second-order valence-corrected chi connectivity index (χ2v) is 7.06. The van der Waals surface area contributed by atoms with Crippen LogP contribution in [0.3, 0.4) is 0 Å². The minimum Gasteiger partial charge on any atom is -0.349 e. The molecule has 0 fully saturated rings. The van der Waals surface area contributed by atoms with E-state index in [1.807, 2.05) is 0 Å². The molecule has 1 N–H and O–H groups in total. The van der Waals surface area contributed by atoms with E-state index in [4.69, 9.17) is 0 Å². The molecule has 0 aliphatic heterocycles. The normalized spacial score (nSPS) is 12.6. The SMILES string of the molecule is CC(NC(=O)Cc1csc(-c2ccc(C(F)(F)F)cc2)n1)c1ccccc1F. The van der Waals surface area contributed by atoms with Gasteiger partial charge in [-0.3, -0.25) is 4.79 Å². The lowest BCUT2D eigenvalue weighted by atomic mass is 10.1. The summed E-state index contributed by atoms with van der Waals surface area (Å²) in [6, 6.07) is 10.4. The quantitative estimate of drug-likeness (QED) is 0.576. The van der Waals surface area contributed by atoms with Crippen molar-refractivity contribution >= 4 is 17.2 Å². The second-order valence-electron chi connectivity index (χ2n) is 6.21. The van der Waals surface area contributed by atoms with Gasteiger partial charge in [0.2, 0.25) is 5.91 Å². The molecular formula is C20H16F4N2OS. The third-order valence-corrected chi connectivity index (χ3v) is 5.04. The van der Waals surface area contributed by atoms with Gasteiger partial charge in [0.1, 0.15) is 10.8 Å². The Morgan fingerprint density at radius 1 is 1.14 bits per heavy atom. The molecular weight excluding hydrogens is 392 g/mol. The summed E-state index contributed by atoms with van der Waals surface area (Å²) in [5.74, 6) is -0.714. The standard InChI is InChI=1S/C20H16F4N2OS/c1-12(16-4-2-3-5-17(16)21)25-18(27)10-15-11-28-19(26-15)13-6-8-14(9-7-13)20(22,23)24/h2-9,11-12H,10H2,1H3,(H,25,27). The molecule has 1 aromatic heterocycles. The van der Waals surface area contributed by atoms with Gasteiger partial charge in [-0.1, -0.05) is 30.3 Å². The zero-order valence-electron chi connectivity index (χ0n) is 14.8. The predicted octanol–water partition coefficient (Wildman–Crippen LogP) is 5.39. The summed E-state index contributed by atoms with van der Waals surface area (Å²) < 4.78 is 51.7. The average Bonchev–Trinajstić information content (AvgIpc) is 3.09. The van der Waals surface area contributed by atoms with Gasteiger partial charge in [0, 0.05) is 16.5 Å². The maximum absolute atomic E-state index is 13.8. The molecule has 3 nitrogen and oxygen atoms in total. The van der Waals surface area contributed by atoms with E-state index in [0.717, 1.165) is 12.1 Å². The molecule has 1 unspecified atom stereocenters. The number of benzene rings is 2. The van der Waals surface area contributed by atoms with Crippen molar-refractivity contribution in [2.75, 3.05) is 0 Å². The number of rotatable bonds is 5. The Morgan fingerprint density at radius 2 is 1.82 bits per heavy atom. The Labute approximate surface area is 163 Å². The van der Waals surface area contributed by atoms with E-state index in [1.165, 1.54) is 29.5 Å². The highest BCUT2D eigenvalue weighted by Gasteiger charge is 2.30. The molecule has 3 rings (SSSR count). The van der Waals surface area contributed by atoms with E-state index in [2.05, 4.69) is 10.3 Å². The molecule has 0 saturated carbocycles. The maximum atomic E-state index is 13.8. The number of amides is 1. The van der Waals surface area contributed by atoms with Gasteiger partial charge in [-0.05, 0) is 25.1 Å². The van der Waals surface area contributed by atoms with E-state index in [1.54, 1.807) is 30.5 Å². The third kappa shape index (κ3) is 4.75. The molecule has 0 spiro atoms. The van der Waals surface area contributed by atoms with Crippen LogP contribution in [-0.4, -0.2) is 10.9 Å². The van der Waals surface area contributed by atoms with Gasteiger partial charge in [0.15, 0.2) is 0 Å². The molecule has 8 heteroatoms. The third-order valence-electron chi connectivity index (χ3n) is 4.10.